The molecule has 0 radical (unpaired) electrons. The Labute approximate surface area is 131 Å². The summed E-state index contributed by atoms with van der Waals surface area (Å²) < 4.78 is 0. The summed E-state index contributed by atoms with van der Waals surface area (Å²) in [5, 5.41) is 4.12. The van der Waals surface area contributed by atoms with Crippen LogP contribution < -0.4 is 5.32 Å². The normalized spacial score (nSPS) is 25.2. The van der Waals surface area contributed by atoms with Gasteiger partial charge in [0.2, 0.25) is 0 Å². The zero-order valence-corrected chi connectivity index (χ0v) is 13.7. The van der Waals surface area contributed by atoms with Crippen molar-refractivity contribution in [3.63, 3.8) is 0 Å². The van der Waals surface area contributed by atoms with Crippen molar-refractivity contribution in [3.8, 4) is 0 Å². The van der Waals surface area contributed by atoms with Gasteiger partial charge in [-0.25, -0.2) is 0 Å². The minimum Gasteiger partial charge on any atom is -0.337 e. The molecule has 2 aliphatic heterocycles. The van der Waals surface area contributed by atoms with Crippen LogP contribution in [-0.4, -0.2) is 41.2 Å². The van der Waals surface area contributed by atoms with E-state index >= 15 is 0 Å². The summed E-state index contributed by atoms with van der Waals surface area (Å²) in [7, 11) is 0. The maximum Gasteiger partial charge on any atom is 0.255 e. The maximum absolute atomic E-state index is 12.9. The van der Waals surface area contributed by atoms with Crippen LogP contribution in [0, 0.1) is 0 Å². The van der Waals surface area contributed by atoms with Crippen LogP contribution in [0.3, 0.4) is 0 Å². The van der Waals surface area contributed by atoms with Gasteiger partial charge in [-0.3, -0.25) is 4.79 Å². The first kappa shape index (κ1) is 14.9. The lowest BCUT2D eigenvalue weighted by Crippen LogP contribution is -2.39. The van der Waals surface area contributed by atoms with Crippen LogP contribution in [-0.2, 0) is 0 Å². The molecule has 2 aliphatic rings. The third-order valence-corrected chi connectivity index (χ3v) is 5.37. The average molecular weight is 304 g/mol. The van der Waals surface area contributed by atoms with Gasteiger partial charge in [-0.05, 0) is 31.4 Å². The maximum atomic E-state index is 12.9. The van der Waals surface area contributed by atoms with Crippen LogP contribution in [0.4, 0.5) is 0 Å². The van der Waals surface area contributed by atoms with Crippen molar-refractivity contribution in [2.24, 2.45) is 0 Å². The number of carbonyl (C=O) groups is 1. The van der Waals surface area contributed by atoms with Crippen molar-refractivity contribution in [2.75, 3.05) is 13.1 Å². The van der Waals surface area contributed by atoms with Crippen LogP contribution in [0.25, 0.3) is 0 Å². The SMILES string of the molecule is CC(C)Sc1ccccc1C(=O)N1CCC2CCC(C1)N2. The second-order valence-corrected chi connectivity index (χ2v) is 7.96. The molecule has 2 saturated heterocycles. The highest BCUT2D eigenvalue weighted by molar-refractivity contribution is 8.00. The van der Waals surface area contributed by atoms with Crippen molar-refractivity contribution < 1.29 is 4.79 Å². The standard InChI is InChI=1S/C17H24N2OS/c1-12(2)21-16-6-4-3-5-15(16)17(20)19-10-9-13-7-8-14(11-19)18-13/h3-6,12-14,18H,7-11H2,1-2H3. The van der Waals surface area contributed by atoms with E-state index in [0.717, 1.165) is 30.0 Å². The smallest absolute Gasteiger partial charge is 0.255 e. The molecular formula is C17H24N2OS. The van der Waals surface area contributed by atoms with Gasteiger partial charge in [0.05, 0.1) is 5.56 Å². The number of hydrogen-bond acceptors (Lipinski definition) is 3. The van der Waals surface area contributed by atoms with Gasteiger partial charge in [0.15, 0.2) is 0 Å². The number of carbonyl (C=O) groups excluding carboxylic acids is 1. The highest BCUT2D eigenvalue weighted by Crippen LogP contribution is 2.28. The van der Waals surface area contributed by atoms with Crippen LogP contribution in [0.5, 0.6) is 0 Å². The molecule has 0 aromatic heterocycles. The van der Waals surface area contributed by atoms with E-state index in [2.05, 4.69) is 30.1 Å². The van der Waals surface area contributed by atoms with Gasteiger partial charge in [-0.15, -0.1) is 11.8 Å². The van der Waals surface area contributed by atoms with Crippen molar-refractivity contribution in [3.05, 3.63) is 29.8 Å². The Balaban J connectivity index is 1.78. The topological polar surface area (TPSA) is 32.3 Å². The molecule has 1 aromatic carbocycles. The fraction of sp³-hybridized carbons (Fsp3) is 0.588. The largest absolute Gasteiger partial charge is 0.337 e. The van der Waals surface area contributed by atoms with E-state index in [1.54, 1.807) is 11.8 Å². The predicted molar refractivity (Wildman–Crippen MR) is 87.9 cm³/mol. The van der Waals surface area contributed by atoms with E-state index in [4.69, 9.17) is 0 Å². The molecule has 0 spiro atoms. The second kappa shape index (κ2) is 6.41. The Kier molecular flexibility index (Phi) is 4.55. The monoisotopic (exact) mass is 304 g/mol. The summed E-state index contributed by atoms with van der Waals surface area (Å²) >= 11 is 1.77. The summed E-state index contributed by atoms with van der Waals surface area (Å²) in [6, 6.07) is 9.15. The summed E-state index contributed by atoms with van der Waals surface area (Å²) in [6.45, 7) is 6.07. The second-order valence-electron chi connectivity index (χ2n) is 6.34. The molecule has 2 bridgehead atoms. The van der Waals surface area contributed by atoms with E-state index in [1.165, 1.54) is 12.8 Å². The first-order chi connectivity index (χ1) is 10.1. The molecule has 1 N–H and O–H groups in total. The number of hydrogen-bond donors (Lipinski definition) is 1. The number of thioether (sulfide) groups is 1. The molecule has 21 heavy (non-hydrogen) atoms. The van der Waals surface area contributed by atoms with Crippen molar-refractivity contribution in [1.29, 1.82) is 0 Å². The van der Waals surface area contributed by atoms with Gasteiger partial charge < -0.3 is 10.2 Å². The summed E-state index contributed by atoms with van der Waals surface area (Å²) in [4.78, 5) is 16.1. The summed E-state index contributed by atoms with van der Waals surface area (Å²) in [6.07, 6.45) is 3.56. The molecule has 4 heteroatoms. The number of nitrogens with one attached hydrogen (secondary N) is 1. The number of benzene rings is 1. The van der Waals surface area contributed by atoms with Gasteiger partial charge in [-0.1, -0.05) is 26.0 Å². The lowest BCUT2D eigenvalue weighted by Gasteiger charge is -2.25. The predicted octanol–water partition coefficient (Wildman–Crippen LogP) is 3.15. The van der Waals surface area contributed by atoms with E-state index in [0.29, 0.717) is 17.3 Å². The van der Waals surface area contributed by atoms with E-state index in [-0.39, 0.29) is 5.91 Å². The highest BCUT2D eigenvalue weighted by Gasteiger charge is 2.31. The van der Waals surface area contributed by atoms with Crippen molar-refractivity contribution >= 4 is 17.7 Å². The fourth-order valence-corrected chi connectivity index (χ4v) is 4.25. The van der Waals surface area contributed by atoms with Gasteiger partial charge in [0.25, 0.3) is 5.91 Å². The van der Waals surface area contributed by atoms with Crippen molar-refractivity contribution in [2.45, 2.75) is 55.3 Å². The van der Waals surface area contributed by atoms with E-state index in [9.17, 15) is 4.79 Å². The minimum absolute atomic E-state index is 0.202. The third kappa shape index (κ3) is 3.43. The Bertz CT molecular complexity index is 517. The minimum atomic E-state index is 0.202. The van der Waals surface area contributed by atoms with Gasteiger partial charge in [-0.2, -0.15) is 0 Å². The molecule has 3 rings (SSSR count). The Morgan fingerprint density at radius 1 is 1.24 bits per heavy atom. The summed E-state index contributed by atoms with van der Waals surface area (Å²) in [5.74, 6) is 0.202. The highest BCUT2D eigenvalue weighted by atomic mass is 32.2. The molecule has 3 nitrogen and oxygen atoms in total. The molecule has 2 atom stereocenters. The van der Waals surface area contributed by atoms with E-state index < -0.39 is 0 Å². The number of fused-ring (bicyclic) bond motifs is 2. The first-order valence-electron chi connectivity index (χ1n) is 7.94. The zero-order chi connectivity index (χ0) is 14.8. The Hall–Kier alpha value is -1.00. The quantitative estimate of drug-likeness (QED) is 0.871. The first-order valence-corrected chi connectivity index (χ1v) is 8.82. The molecule has 1 amide bonds. The van der Waals surface area contributed by atoms with Crippen LogP contribution in [0.15, 0.2) is 29.2 Å². The molecule has 2 heterocycles. The fourth-order valence-electron chi connectivity index (χ4n) is 3.30. The molecule has 0 aliphatic carbocycles. The molecular weight excluding hydrogens is 280 g/mol. The molecule has 0 saturated carbocycles. The summed E-state index contributed by atoms with van der Waals surface area (Å²) in [5.41, 5.74) is 0.869. The van der Waals surface area contributed by atoms with Crippen LogP contribution in [0.2, 0.25) is 0 Å². The number of rotatable bonds is 3. The van der Waals surface area contributed by atoms with Crippen LogP contribution in [0.1, 0.15) is 43.5 Å². The molecule has 2 unspecified atom stereocenters. The van der Waals surface area contributed by atoms with Crippen LogP contribution >= 0.6 is 11.8 Å². The molecule has 114 valence electrons. The average Bonchev–Trinajstić information content (AvgIpc) is 2.77. The molecule has 1 aromatic rings. The third-order valence-electron chi connectivity index (χ3n) is 4.29. The number of amides is 1. The lowest BCUT2D eigenvalue weighted by molar-refractivity contribution is 0.0744. The number of nitrogens with zero attached hydrogens (tertiary/aromatic N) is 1. The van der Waals surface area contributed by atoms with Crippen molar-refractivity contribution in [1.82, 2.24) is 10.2 Å². The zero-order valence-electron chi connectivity index (χ0n) is 12.8. The van der Waals surface area contributed by atoms with Gasteiger partial charge in [0.1, 0.15) is 0 Å². The Morgan fingerprint density at radius 3 is 2.81 bits per heavy atom. The lowest BCUT2D eigenvalue weighted by atomic mass is 10.1. The van der Waals surface area contributed by atoms with Gasteiger partial charge in [0, 0.05) is 35.3 Å². The van der Waals surface area contributed by atoms with Gasteiger partial charge >= 0.3 is 0 Å². The molecule has 2 fully saturated rings. The van der Waals surface area contributed by atoms with E-state index in [1.807, 2.05) is 18.2 Å². The Morgan fingerprint density at radius 2 is 2.00 bits per heavy atom. The number of likely N-dealkylation sites (tertiary alicyclic amines) is 1.